The van der Waals surface area contributed by atoms with Gasteiger partial charge in [0.1, 0.15) is 0 Å². The molecular weight excluding hydrogens is 706 g/mol. The van der Waals surface area contributed by atoms with Gasteiger partial charge in [0, 0.05) is 50.1 Å². The minimum Gasteiger partial charge on any atom is -0.481 e. The number of carboxylic acids is 1. The van der Waals surface area contributed by atoms with E-state index in [1.807, 2.05) is 41.5 Å². The van der Waals surface area contributed by atoms with Crippen LogP contribution in [0, 0.1) is 47.3 Å². The zero-order valence-corrected chi connectivity index (χ0v) is 35.8. The lowest BCUT2D eigenvalue weighted by atomic mass is 9.89. The Morgan fingerprint density at radius 2 is 1.15 bits per heavy atom. The van der Waals surface area contributed by atoms with Crippen LogP contribution in [0.3, 0.4) is 0 Å². The molecule has 0 rings (SSSR count). The summed E-state index contributed by atoms with van der Waals surface area (Å²) >= 11 is 0. The fraction of sp³-hybridized carbons (Fsp3) is 0.825. The third-order valence-electron chi connectivity index (χ3n) is 10.6. The Hall–Kier alpha value is -3.75. The number of nitrogens with one attached hydrogen (secondary N) is 6. The zero-order chi connectivity index (χ0) is 42.7. The molecule has 318 valence electrons. The van der Waals surface area contributed by atoms with E-state index in [2.05, 4.69) is 31.9 Å². The normalized spacial score (nSPS) is 17.0. The van der Waals surface area contributed by atoms with Gasteiger partial charge < -0.3 is 42.7 Å². The van der Waals surface area contributed by atoms with Crippen LogP contribution in [-0.4, -0.2) is 89.8 Å². The molecule has 0 radical (unpaired) electrons. The highest BCUT2D eigenvalue weighted by molar-refractivity contribution is 5.85. The molecule has 55 heavy (non-hydrogen) atoms. The van der Waals surface area contributed by atoms with Crippen molar-refractivity contribution in [2.45, 2.75) is 152 Å². The van der Waals surface area contributed by atoms with Gasteiger partial charge in [-0.15, -0.1) is 0 Å². The highest BCUT2D eigenvalue weighted by atomic mass is 16.4. The van der Waals surface area contributed by atoms with Crippen molar-refractivity contribution in [2.75, 3.05) is 13.1 Å². The van der Waals surface area contributed by atoms with Crippen LogP contribution >= 0.6 is 0 Å². The molecule has 0 aliphatic rings. The second-order valence-corrected chi connectivity index (χ2v) is 16.7. The number of nitrogens with two attached hydrogens (primary N) is 1. The van der Waals surface area contributed by atoms with E-state index in [1.165, 1.54) is 6.92 Å². The fourth-order valence-electron chi connectivity index (χ4n) is 6.34. The van der Waals surface area contributed by atoms with E-state index in [0.717, 1.165) is 0 Å². The third-order valence-corrected chi connectivity index (χ3v) is 10.6. The predicted molar refractivity (Wildman–Crippen MR) is 214 cm³/mol. The van der Waals surface area contributed by atoms with Gasteiger partial charge >= 0.3 is 5.97 Å². The molecule has 15 nitrogen and oxygen atoms in total. The van der Waals surface area contributed by atoms with Crippen molar-refractivity contribution in [3.05, 3.63) is 0 Å². The minimum absolute atomic E-state index is 0.0377. The monoisotopic (exact) mass is 782 g/mol. The standard InChI is InChI=1S/C40H75N7O8/c1-21(2)18-33(26(9)40(54)55)46-37(51)25(8)29(12)44-34(49)19-31(16-14-15-17-41)45-39(53)32(22(3)4)20-42-36(50)27(10)35(23(5)6)47-38(52)24(7)28(11)43-30(13)48/h21-29,31-33,35H,14-20,41H2,1-13H3,(H,42,50)(H,43,48)(H,44,49)(H,45,53)(H,46,51)(H,47,52)(H,54,55)/t24-,25-,26-,27-,28+,29+,31+,32-,33+,35+/m1/s1. The van der Waals surface area contributed by atoms with Gasteiger partial charge in [-0.25, -0.2) is 0 Å². The first-order chi connectivity index (χ1) is 25.4. The van der Waals surface area contributed by atoms with Gasteiger partial charge in [0.25, 0.3) is 0 Å². The van der Waals surface area contributed by atoms with Gasteiger partial charge in [0.05, 0.1) is 29.6 Å². The molecule has 10 atom stereocenters. The van der Waals surface area contributed by atoms with Crippen molar-refractivity contribution in [1.29, 1.82) is 0 Å². The smallest absolute Gasteiger partial charge is 0.308 e. The Morgan fingerprint density at radius 1 is 0.600 bits per heavy atom. The van der Waals surface area contributed by atoms with Gasteiger partial charge in [-0.3, -0.25) is 33.6 Å². The summed E-state index contributed by atoms with van der Waals surface area (Å²) in [7, 11) is 0. The van der Waals surface area contributed by atoms with Crippen LogP contribution in [0.25, 0.3) is 0 Å². The molecule has 0 saturated carbocycles. The molecule has 9 N–H and O–H groups in total. The van der Waals surface area contributed by atoms with Crippen molar-refractivity contribution >= 4 is 41.4 Å². The van der Waals surface area contributed by atoms with Crippen LogP contribution in [0.4, 0.5) is 0 Å². The highest BCUT2D eigenvalue weighted by Gasteiger charge is 2.34. The first-order valence-corrected chi connectivity index (χ1v) is 20.1. The summed E-state index contributed by atoms with van der Waals surface area (Å²) in [6.07, 6.45) is 2.33. The van der Waals surface area contributed by atoms with Gasteiger partial charge in [-0.2, -0.15) is 0 Å². The van der Waals surface area contributed by atoms with Crippen LogP contribution in [0.5, 0.6) is 0 Å². The minimum atomic E-state index is -0.999. The Kier molecular flexibility index (Phi) is 23.7. The van der Waals surface area contributed by atoms with Crippen molar-refractivity contribution in [2.24, 2.45) is 53.1 Å². The predicted octanol–water partition coefficient (Wildman–Crippen LogP) is 2.71. The average Bonchev–Trinajstić information content (AvgIpc) is 3.07. The van der Waals surface area contributed by atoms with Crippen LogP contribution in [0.2, 0.25) is 0 Å². The summed E-state index contributed by atoms with van der Waals surface area (Å²) in [5.74, 6) is -6.13. The molecule has 0 unspecified atom stereocenters. The molecular formula is C40H75N7O8. The largest absolute Gasteiger partial charge is 0.481 e. The Bertz CT molecular complexity index is 1260. The summed E-state index contributed by atoms with van der Waals surface area (Å²) in [5, 5.41) is 26.9. The number of hydrogen-bond acceptors (Lipinski definition) is 8. The number of unbranched alkanes of at least 4 members (excludes halogenated alkanes) is 1. The number of hydrogen-bond donors (Lipinski definition) is 8. The molecule has 15 heteroatoms. The molecule has 0 spiro atoms. The summed E-state index contributed by atoms with van der Waals surface area (Å²) in [5.41, 5.74) is 5.72. The van der Waals surface area contributed by atoms with E-state index >= 15 is 0 Å². The summed E-state index contributed by atoms with van der Waals surface area (Å²) in [6.45, 7) is 23.5. The molecule has 0 fully saturated rings. The number of amides is 6. The lowest BCUT2D eigenvalue weighted by Crippen LogP contribution is -2.53. The maximum absolute atomic E-state index is 13.7. The molecule has 0 heterocycles. The number of rotatable bonds is 26. The van der Waals surface area contributed by atoms with E-state index in [4.69, 9.17) is 5.73 Å². The van der Waals surface area contributed by atoms with Gasteiger partial charge in [0.15, 0.2) is 0 Å². The van der Waals surface area contributed by atoms with Crippen LogP contribution in [0.1, 0.15) is 122 Å². The van der Waals surface area contributed by atoms with Crippen molar-refractivity contribution in [3.8, 4) is 0 Å². The second kappa shape index (κ2) is 25.4. The van der Waals surface area contributed by atoms with Crippen molar-refractivity contribution < 1.29 is 38.7 Å². The summed E-state index contributed by atoms with van der Waals surface area (Å²) in [4.78, 5) is 89.7. The maximum atomic E-state index is 13.7. The van der Waals surface area contributed by atoms with Crippen LogP contribution in [-0.2, 0) is 33.6 Å². The summed E-state index contributed by atoms with van der Waals surface area (Å²) < 4.78 is 0. The molecule has 0 saturated heterocycles. The number of carbonyl (C=O) groups excluding carboxylic acids is 6. The van der Waals surface area contributed by atoms with E-state index in [-0.39, 0.29) is 66.2 Å². The van der Waals surface area contributed by atoms with Crippen LogP contribution in [0.15, 0.2) is 0 Å². The second-order valence-electron chi connectivity index (χ2n) is 16.7. The first kappa shape index (κ1) is 51.2. The van der Waals surface area contributed by atoms with E-state index < -0.39 is 65.8 Å². The van der Waals surface area contributed by atoms with Crippen molar-refractivity contribution in [3.63, 3.8) is 0 Å². The number of aliphatic carboxylic acids is 1. The summed E-state index contributed by atoms with van der Waals surface area (Å²) in [6, 6.07) is -2.55. The molecule has 0 aliphatic heterocycles. The maximum Gasteiger partial charge on any atom is 0.308 e. The third kappa shape index (κ3) is 19.1. The highest BCUT2D eigenvalue weighted by Crippen LogP contribution is 2.18. The first-order valence-electron chi connectivity index (χ1n) is 20.1. The Labute approximate surface area is 330 Å². The van der Waals surface area contributed by atoms with Gasteiger partial charge in [-0.1, -0.05) is 68.7 Å². The lowest BCUT2D eigenvalue weighted by Gasteiger charge is -2.31. The molecule has 0 aromatic heterocycles. The number of carbonyl (C=O) groups is 7. The van der Waals surface area contributed by atoms with E-state index in [0.29, 0.717) is 32.2 Å². The molecule has 0 aromatic carbocycles. The molecule has 0 aromatic rings. The average molecular weight is 782 g/mol. The Morgan fingerprint density at radius 3 is 1.62 bits per heavy atom. The van der Waals surface area contributed by atoms with E-state index in [9.17, 15) is 38.7 Å². The van der Waals surface area contributed by atoms with Crippen molar-refractivity contribution in [1.82, 2.24) is 31.9 Å². The quantitative estimate of drug-likeness (QED) is 0.0602. The molecule has 6 amide bonds. The lowest BCUT2D eigenvalue weighted by molar-refractivity contribution is -0.143. The van der Waals surface area contributed by atoms with Crippen LogP contribution < -0.4 is 37.6 Å². The molecule has 0 bridgehead atoms. The van der Waals surface area contributed by atoms with E-state index in [1.54, 1.807) is 41.5 Å². The Balaban J connectivity index is 5.65. The van der Waals surface area contributed by atoms with Gasteiger partial charge in [0.2, 0.25) is 35.4 Å². The fourth-order valence-corrected chi connectivity index (χ4v) is 6.34. The van der Waals surface area contributed by atoms with Gasteiger partial charge in [-0.05, 0) is 64.3 Å². The SMILES string of the molecule is CC(=O)N[C@@H](C)[C@@H](C)C(=O)N[C@@H](C(C)C)[C@@H](C)C(=O)NC[C@@H](C(=O)N[C@@H](CCCCN)CC(=O)N[C@@H](C)[C@@H](C)C(=O)N[C@@H](CC(C)C)[C@@H](C)C(=O)O)C(C)C. The topological polar surface area (TPSA) is 238 Å². The molecule has 0 aliphatic carbocycles. The zero-order valence-electron chi connectivity index (χ0n) is 35.8. The number of carboxylic acid groups (broad SMARTS) is 1.